The van der Waals surface area contributed by atoms with Crippen LogP contribution in [0.4, 0.5) is 0 Å². The van der Waals surface area contributed by atoms with E-state index in [1.165, 1.54) is 6.92 Å². The van der Waals surface area contributed by atoms with E-state index in [1.807, 2.05) is 25.1 Å². The van der Waals surface area contributed by atoms with E-state index in [-0.39, 0.29) is 43.9 Å². The van der Waals surface area contributed by atoms with Crippen LogP contribution in [0.15, 0.2) is 41.2 Å². The fourth-order valence-electron chi connectivity index (χ4n) is 3.25. The summed E-state index contributed by atoms with van der Waals surface area (Å²) in [7, 11) is -4.42. The third-order valence-corrected chi connectivity index (χ3v) is 13.9. The van der Waals surface area contributed by atoms with E-state index in [2.05, 4.69) is 88.5 Å². The van der Waals surface area contributed by atoms with Crippen molar-refractivity contribution in [3.05, 3.63) is 51.2 Å². The van der Waals surface area contributed by atoms with Gasteiger partial charge in [0.2, 0.25) is 0 Å². The predicted molar refractivity (Wildman–Crippen MR) is 160 cm³/mol. The molecule has 0 fully saturated rings. The average molecular weight is 687 g/mol. The monoisotopic (exact) mass is 687 g/mol. The maximum atomic E-state index is 10.7. The smallest absolute Gasteiger partial charge is 0.876 e. The van der Waals surface area contributed by atoms with Gasteiger partial charge in [0.05, 0.1) is 0 Å². The van der Waals surface area contributed by atoms with Crippen molar-refractivity contribution in [2.45, 2.75) is 98.8 Å². The Bertz CT molecular complexity index is 664. The van der Waals surface area contributed by atoms with Crippen molar-refractivity contribution >= 4 is 38.7 Å². The summed E-state index contributed by atoms with van der Waals surface area (Å²) in [5.74, 6) is 0.0362. The van der Waals surface area contributed by atoms with Crippen molar-refractivity contribution in [3.8, 4) is 0 Å². The van der Waals surface area contributed by atoms with Gasteiger partial charge in [0.15, 0.2) is 0 Å². The van der Waals surface area contributed by atoms with Crippen LogP contribution in [-0.4, -0.2) is 50.2 Å². The summed E-state index contributed by atoms with van der Waals surface area (Å²) >= 11 is 0. The van der Waals surface area contributed by atoms with Gasteiger partial charge in [-0.2, -0.15) is 0 Å². The minimum absolute atomic E-state index is 0. The topological polar surface area (TPSA) is 76.5 Å². The van der Waals surface area contributed by atoms with Crippen molar-refractivity contribution < 1.29 is 43.3 Å². The Morgan fingerprint density at radius 2 is 1.24 bits per heavy atom. The van der Waals surface area contributed by atoms with Crippen LogP contribution in [-0.2, 0) is 6.42 Å². The van der Waals surface area contributed by atoms with E-state index in [4.69, 9.17) is 9.30 Å². The van der Waals surface area contributed by atoms with Gasteiger partial charge >= 0.3 is 38.2 Å². The van der Waals surface area contributed by atoms with E-state index in [1.54, 1.807) is 12.3 Å². The van der Waals surface area contributed by atoms with Crippen LogP contribution in [0, 0.1) is 38.2 Å². The maximum absolute atomic E-state index is 10.7. The molecule has 0 N–H and O–H groups in total. The molecule has 0 saturated carbocycles. The molecular formula is C24H51DyN4OSi4. The molecule has 1 aromatic heterocycles. The van der Waals surface area contributed by atoms with Crippen molar-refractivity contribution in [2.24, 2.45) is 4.99 Å². The first-order chi connectivity index (χ1) is 14.6. The van der Waals surface area contributed by atoms with Gasteiger partial charge in [-0.1, -0.05) is 131 Å². The Morgan fingerprint density at radius 3 is 1.50 bits per heavy atom. The van der Waals surface area contributed by atoms with Crippen molar-refractivity contribution in [1.82, 2.24) is 4.98 Å². The van der Waals surface area contributed by atoms with Crippen molar-refractivity contribution in [1.29, 1.82) is 0 Å². The second-order valence-electron chi connectivity index (χ2n) is 12.3. The number of allylic oxidation sites excluding steroid dienone is 2. The largest absolute Gasteiger partial charge is 3.00 e. The molecular weight excluding hydrogens is 635 g/mol. The van der Waals surface area contributed by atoms with E-state index in [0.29, 0.717) is 6.54 Å². The van der Waals surface area contributed by atoms with Gasteiger partial charge in [-0.15, -0.1) is 5.76 Å². The summed E-state index contributed by atoms with van der Waals surface area (Å²) in [5.41, 5.74) is 1.80. The Labute approximate surface area is 246 Å². The average Bonchev–Trinajstić information content (AvgIpc) is 2.49. The van der Waals surface area contributed by atoms with Gasteiger partial charge in [0, 0.05) is 30.6 Å². The molecule has 10 heteroatoms. The first-order valence-electron chi connectivity index (χ1n) is 11.8. The van der Waals surface area contributed by atoms with Crippen LogP contribution in [0.1, 0.15) is 19.5 Å². The molecule has 0 aliphatic carbocycles. The summed E-state index contributed by atoms with van der Waals surface area (Å²) in [4.78, 5) is 8.45. The SMILES string of the molecule is CC(/C=C(/C)[O-])=NCCc1ccccn1.C[Si](C)(C)[N-][Si](C)(C)C.C[Si](C)(C)[N-][Si](C)(C)C.[Dy+3]. The molecule has 0 bridgehead atoms. The predicted octanol–water partition coefficient (Wildman–Crippen LogP) is 7.41. The van der Waals surface area contributed by atoms with Crippen LogP contribution in [0.3, 0.4) is 0 Å². The number of aliphatic imine (C=N–C) groups is 1. The molecule has 5 nitrogen and oxygen atoms in total. The fraction of sp³-hybridized carbons (Fsp3) is 0.667. The Hall–Kier alpha value is 0.420. The number of hydrogen-bond donors (Lipinski definition) is 0. The molecule has 1 rings (SSSR count). The number of pyridine rings is 1. The number of aromatic nitrogens is 1. The molecule has 1 heterocycles. The molecule has 0 amide bonds. The molecule has 0 spiro atoms. The second kappa shape index (κ2) is 17.8. The zero-order valence-corrected chi connectivity index (χ0v) is 30.3. The van der Waals surface area contributed by atoms with Crippen LogP contribution in [0.2, 0.25) is 78.6 Å². The van der Waals surface area contributed by atoms with Gasteiger partial charge in [0.25, 0.3) is 0 Å². The minimum Gasteiger partial charge on any atom is -0.876 e. The maximum Gasteiger partial charge on any atom is 3.00 e. The van der Waals surface area contributed by atoms with Gasteiger partial charge in [-0.05, 0) is 19.1 Å². The Kier molecular flexibility index (Phi) is 20.4. The third kappa shape index (κ3) is 34.6. The van der Waals surface area contributed by atoms with Gasteiger partial charge in [0.1, 0.15) is 0 Å². The summed E-state index contributed by atoms with van der Waals surface area (Å²) in [6.45, 7) is 31.6. The third-order valence-electron chi connectivity index (χ3n) is 3.21. The molecule has 1 radical (unpaired) electrons. The summed E-state index contributed by atoms with van der Waals surface area (Å²) < 4.78 is 9.64. The van der Waals surface area contributed by atoms with E-state index >= 15 is 0 Å². The normalized spacial score (nSPS) is 13.1. The van der Waals surface area contributed by atoms with Crippen LogP contribution >= 0.6 is 0 Å². The minimum atomic E-state index is -1.11. The molecule has 0 atom stereocenters. The fourth-order valence-corrected chi connectivity index (χ4v) is 19.3. The number of nitrogens with zero attached hydrogens (tertiary/aromatic N) is 4. The first-order valence-corrected chi connectivity index (χ1v) is 25.6. The molecule has 199 valence electrons. The zero-order chi connectivity index (χ0) is 26.5. The number of rotatable bonds is 8. The second-order valence-corrected chi connectivity index (χ2v) is 31.4. The summed E-state index contributed by atoms with van der Waals surface area (Å²) in [5, 5.41) is 10.7. The molecule has 0 aliphatic heterocycles. The van der Waals surface area contributed by atoms with E-state index < -0.39 is 32.9 Å². The van der Waals surface area contributed by atoms with Crippen LogP contribution < -0.4 is 5.11 Å². The van der Waals surface area contributed by atoms with Crippen molar-refractivity contribution in [3.63, 3.8) is 0 Å². The van der Waals surface area contributed by atoms with Gasteiger partial charge < -0.3 is 14.4 Å². The molecule has 0 aromatic carbocycles. The first kappa shape index (κ1) is 38.9. The molecule has 0 unspecified atom stereocenters. The number of hydrogen-bond acceptors (Lipinski definition) is 3. The van der Waals surface area contributed by atoms with Crippen molar-refractivity contribution in [2.75, 3.05) is 6.54 Å². The van der Waals surface area contributed by atoms with Gasteiger partial charge in [-0.25, -0.2) is 0 Å². The zero-order valence-electron chi connectivity index (χ0n) is 24.3. The molecule has 0 saturated heterocycles. The quantitative estimate of drug-likeness (QED) is 0.162. The van der Waals surface area contributed by atoms with E-state index in [9.17, 15) is 5.11 Å². The Morgan fingerprint density at radius 1 is 0.824 bits per heavy atom. The Balaban J connectivity index is -0.000000443. The molecule has 1 aromatic rings. The summed E-state index contributed by atoms with van der Waals surface area (Å²) in [6, 6.07) is 5.82. The molecule has 0 aliphatic rings. The molecule has 34 heavy (non-hydrogen) atoms. The van der Waals surface area contributed by atoms with E-state index in [0.717, 1.165) is 17.8 Å². The van der Waals surface area contributed by atoms with Crippen LogP contribution in [0.25, 0.3) is 9.30 Å². The summed E-state index contributed by atoms with van der Waals surface area (Å²) in [6.07, 6.45) is 4.12. The standard InChI is InChI=1S/C12H16N2O.2C6H18NSi2.Dy/c1-10(9-11(2)15)13-8-6-12-5-3-4-7-14-12;2*1-8(2,3)7-9(4,5)6;/h3-5,7,9,15H,6,8H2,1-2H3;2*1-6H3;/q;2*-1;+3/p-1/b11-9-,13-10?;;;. The van der Waals surface area contributed by atoms with Gasteiger partial charge in [-0.3, -0.25) is 9.98 Å². The van der Waals surface area contributed by atoms with Crippen LogP contribution in [0.5, 0.6) is 0 Å².